The molecular formula is C14H14BrCl2N. The van der Waals surface area contributed by atoms with Gasteiger partial charge < -0.3 is 5.73 Å². The van der Waals surface area contributed by atoms with Crippen molar-refractivity contribution in [2.45, 2.75) is 13.8 Å². The summed E-state index contributed by atoms with van der Waals surface area (Å²) in [5.41, 5.74) is 8.43. The Labute approximate surface area is 126 Å². The first-order valence-corrected chi connectivity index (χ1v) is 6.89. The number of para-hydroxylation sites is 1. The average molecular weight is 347 g/mol. The third-order valence-corrected chi connectivity index (χ3v) is 4.34. The highest BCUT2D eigenvalue weighted by molar-refractivity contribution is 9.10. The van der Waals surface area contributed by atoms with Gasteiger partial charge in [0.05, 0.1) is 15.7 Å². The molecule has 0 saturated carbocycles. The molecule has 0 fully saturated rings. The molecule has 4 heteroatoms. The molecule has 0 amide bonds. The number of benzene rings is 2. The molecule has 0 heterocycles. The standard InChI is InChI=1S/C7H6BrCl.C7H8ClN/c1-5-3-2-4-6(9)7(5)8;1-5-3-2-4-6(8)7(5)9/h2-4H,1H3;2-4H,9H2,1H3. The van der Waals surface area contributed by atoms with E-state index in [2.05, 4.69) is 15.9 Å². The summed E-state index contributed by atoms with van der Waals surface area (Å²) < 4.78 is 0.992. The lowest BCUT2D eigenvalue weighted by atomic mass is 10.2. The summed E-state index contributed by atoms with van der Waals surface area (Å²) in [6, 6.07) is 11.4. The van der Waals surface area contributed by atoms with E-state index >= 15 is 0 Å². The van der Waals surface area contributed by atoms with Crippen LogP contribution in [0.25, 0.3) is 0 Å². The Bertz CT molecular complexity index is 451. The summed E-state index contributed by atoms with van der Waals surface area (Å²) in [7, 11) is 0. The maximum Gasteiger partial charge on any atom is 0.0638 e. The van der Waals surface area contributed by atoms with Crippen molar-refractivity contribution in [2.24, 2.45) is 0 Å². The molecule has 0 aromatic heterocycles. The number of nitrogens with two attached hydrogens (primary N) is 1. The number of halogens is 3. The summed E-state index contributed by atoms with van der Waals surface area (Å²) in [6.07, 6.45) is 0. The maximum absolute atomic E-state index is 5.77. The van der Waals surface area contributed by atoms with Crippen molar-refractivity contribution in [2.75, 3.05) is 5.73 Å². The zero-order valence-corrected chi connectivity index (χ0v) is 13.3. The number of hydrogen-bond donors (Lipinski definition) is 1. The first-order chi connectivity index (χ1) is 8.43. The highest BCUT2D eigenvalue weighted by Gasteiger charge is 1.96. The highest BCUT2D eigenvalue weighted by Crippen LogP contribution is 2.24. The molecule has 1 nitrogen and oxygen atoms in total. The molecule has 96 valence electrons. The molecule has 2 rings (SSSR count). The Kier molecular flexibility index (Phi) is 6.00. The van der Waals surface area contributed by atoms with Gasteiger partial charge in [-0.2, -0.15) is 0 Å². The average Bonchev–Trinajstić information content (AvgIpc) is 2.34. The van der Waals surface area contributed by atoms with Crippen LogP contribution >= 0.6 is 39.1 Å². The first-order valence-electron chi connectivity index (χ1n) is 5.34. The van der Waals surface area contributed by atoms with Crippen LogP contribution in [0.3, 0.4) is 0 Å². The van der Waals surface area contributed by atoms with Crippen molar-refractivity contribution in [3.05, 3.63) is 62.0 Å². The molecule has 0 bridgehead atoms. The van der Waals surface area contributed by atoms with Crippen LogP contribution in [0.2, 0.25) is 10.0 Å². The number of rotatable bonds is 0. The Morgan fingerprint density at radius 3 is 1.78 bits per heavy atom. The fourth-order valence-electron chi connectivity index (χ4n) is 1.26. The number of nitrogen functional groups attached to an aromatic ring is 1. The third-order valence-electron chi connectivity index (χ3n) is 2.42. The largest absolute Gasteiger partial charge is 0.397 e. The predicted octanol–water partition coefficient (Wildman–Crippen LogP) is 5.64. The fourth-order valence-corrected chi connectivity index (χ4v) is 1.96. The van der Waals surface area contributed by atoms with E-state index in [1.165, 1.54) is 5.56 Å². The van der Waals surface area contributed by atoms with E-state index in [1.807, 2.05) is 44.2 Å². The quantitative estimate of drug-likeness (QED) is 0.613. The summed E-state index contributed by atoms with van der Waals surface area (Å²) in [5.74, 6) is 0. The van der Waals surface area contributed by atoms with Crippen molar-refractivity contribution >= 4 is 44.8 Å². The summed E-state index contributed by atoms with van der Waals surface area (Å²) in [6.45, 7) is 3.94. The zero-order chi connectivity index (χ0) is 13.7. The van der Waals surface area contributed by atoms with Crippen molar-refractivity contribution in [1.82, 2.24) is 0 Å². The van der Waals surface area contributed by atoms with Crippen molar-refractivity contribution in [1.29, 1.82) is 0 Å². The molecule has 0 spiro atoms. The van der Waals surface area contributed by atoms with Gasteiger partial charge in [0.1, 0.15) is 0 Å². The topological polar surface area (TPSA) is 26.0 Å². The van der Waals surface area contributed by atoms with Gasteiger partial charge in [-0.25, -0.2) is 0 Å². The van der Waals surface area contributed by atoms with Crippen molar-refractivity contribution in [3.8, 4) is 0 Å². The van der Waals surface area contributed by atoms with Gasteiger partial charge in [0.2, 0.25) is 0 Å². The maximum atomic E-state index is 5.77. The van der Waals surface area contributed by atoms with Gasteiger partial charge in [-0.05, 0) is 53.0 Å². The Balaban J connectivity index is 0.000000180. The van der Waals surface area contributed by atoms with E-state index in [1.54, 1.807) is 6.07 Å². The smallest absolute Gasteiger partial charge is 0.0638 e. The lowest BCUT2D eigenvalue weighted by Gasteiger charge is -1.98. The summed E-state index contributed by atoms with van der Waals surface area (Å²) in [4.78, 5) is 0. The normalized spacial score (nSPS) is 9.61. The third kappa shape index (κ3) is 4.20. The minimum absolute atomic E-state index is 0.634. The molecule has 0 saturated heterocycles. The number of anilines is 1. The van der Waals surface area contributed by atoms with Crippen molar-refractivity contribution in [3.63, 3.8) is 0 Å². The second-order valence-electron chi connectivity index (χ2n) is 3.84. The highest BCUT2D eigenvalue weighted by atomic mass is 79.9. The van der Waals surface area contributed by atoms with Crippen LogP contribution in [-0.4, -0.2) is 0 Å². The molecule has 0 radical (unpaired) electrons. The van der Waals surface area contributed by atoms with Crippen LogP contribution < -0.4 is 5.73 Å². The van der Waals surface area contributed by atoms with Crippen LogP contribution in [0.5, 0.6) is 0 Å². The zero-order valence-electron chi connectivity index (χ0n) is 10.2. The van der Waals surface area contributed by atoms with Crippen LogP contribution in [0, 0.1) is 13.8 Å². The molecule has 0 aliphatic carbocycles. The number of hydrogen-bond acceptors (Lipinski definition) is 1. The molecule has 0 unspecified atom stereocenters. The van der Waals surface area contributed by atoms with E-state index in [9.17, 15) is 0 Å². The lowest BCUT2D eigenvalue weighted by Crippen LogP contribution is -1.88. The molecule has 2 aromatic carbocycles. The Morgan fingerprint density at radius 2 is 1.39 bits per heavy atom. The first kappa shape index (κ1) is 15.4. The van der Waals surface area contributed by atoms with Gasteiger partial charge in [-0.3, -0.25) is 0 Å². The van der Waals surface area contributed by atoms with Gasteiger partial charge in [0, 0.05) is 4.47 Å². The minimum Gasteiger partial charge on any atom is -0.397 e. The van der Waals surface area contributed by atoms with Gasteiger partial charge in [0.15, 0.2) is 0 Å². The van der Waals surface area contributed by atoms with E-state index < -0.39 is 0 Å². The Morgan fingerprint density at radius 1 is 0.889 bits per heavy atom. The second-order valence-corrected chi connectivity index (χ2v) is 5.45. The number of aryl methyl sites for hydroxylation is 2. The van der Waals surface area contributed by atoms with Crippen molar-refractivity contribution < 1.29 is 0 Å². The molecule has 0 atom stereocenters. The van der Waals surface area contributed by atoms with Crippen LogP contribution in [0.4, 0.5) is 5.69 Å². The van der Waals surface area contributed by atoms with Gasteiger partial charge in [-0.15, -0.1) is 0 Å². The molecule has 18 heavy (non-hydrogen) atoms. The molecular weight excluding hydrogens is 333 g/mol. The van der Waals surface area contributed by atoms with Gasteiger partial charge >= 0.3 is 0 Å². The van der Waals surface area contributed by atoms with E-state index in [0.717, 1.165) is 15.1 Å². The Hall–Kier alpha value is -0.700. The monoisotopic (exact) mass is 345 g/mol. The van der Waals surface area contributed by atoms with Crippen LogP contribution in [0.1, 0.15) is 11.1 Å². The van der Waals surface area contributed by atoms with E-state index in [0.29, 0.717) is 10.7 Å². The minimum atomic E-state index is 0.634. The summed E-state index contributed by atoms with van der Waals surface area (Å²) >= 11 is 14.8. The van der Waals surface area contributed by atoms with Crippen LogP contribution in [0.15, 0.2) is 40.9 Å². The molecule has 2 N–H and O–H groups in total. The predicted molar refractivity (Wildman–Crippen MR) is 84.5 cm³/mol. The fraction of sp³-hybridized carbons (Fsp3) is 0.143. The molecule has 0 aliphatic heterocycles. The molecule has 0 aliphatic rings. The second kappa shape index (κ2) is 7.03. The lowest BCUT2D eigenvalue weighted by molar-refractivity contribution is 1.43. The van der Waals surface area contributed by atoms with E-state index in [4.69, 9.17) is 28.9 Å². The summed E-state index contributed by atoms with van der Waals surface area (Å²) in [5, 5.41) is 1.41. The van der Waals surface area contributed by atoms with Crippen LogP contribution in [-0.2, 0) is 0 Å². The van der Waals surface area contributed by atoms with Gasteiger partial charge in [0.25, 0.3) is 0 Å². The van der Waals surface area contributed by atoms with E-state index in [-0.39, 0.29) is 0 Å². The SMILES string of the molecule is Cc1cccc(Cl)c1Br.Cc1cccc(Cl)c1N. The molecule has 2 aromatic rings. The van der Waals surface area contributed by atoms with Gasteiger partial charge in [-0.1, -0.05) is 47.5 Å².